The van der Waals surface area contributed by atoms with Crippen LogP contribution in [0.1, 0.15) is 37.8 Å². The Morgan fingerprint density at radius 1 is 1.29 bits per heavy atom. The molecule has 0 spiro atoms. The number of nitrogens with zero attached hydrogens (tertiary/aromatic N) is 1. The number of benzene rings is 1. The van der Waals surface area contributed by atoms with Crippen LogP contribution in [0.3, 0.4) is 0 Å². The standard InChI is InChI=1S/C18H28N2O/c1-14(2)20-10-7-15(8-11-20)13-21-18-5-3-4-16-6-9-19-12-17(16)18/h3-5,14-15,19H,6-13H2,1-2H3. The van der Waals surface area contributed by atoms with E-state index in [0.29, 0.717) is 12.0 Å². The summed E-state index contributed by atoms with van der Waals surface area (Å²) in [5, 5.41) is 3.45. The molecule has 116 valence electrons. The number of hydrogen-bond donors (Lipinski definition) is 1. The van der Waals surface area contributed by atoms with Gasteiger partial charge in [0.25, 0.3) is 0 Å². The average Bonchev–Trinajstić information content (AvgIpc) is 2.53. The van der Waals surface area contributed by atoms with Gasteiger partial charge in [0.05, 0.1) is 6.61 Å². The molecule has 0 saturated carbocycles. The lowest BCUT2D eigenvalue weighted by Gasteiger charge is -2.34. The van der Waals surface area contributed by atoms with Crippen LogP contribution >= 0.6 is 0 Å². The second kappa shape index (κ2) is 6.80. The summed E-state index contributed by atoms with van der Waals surface area (Å²) in [6.45, 7) is 9.95. The Morgan fingerprint density at radius 3 is 2.86 bits per heavy atom. The van der Waals surface area contributed by atoms with E-state index in [0.717, 1.165) is 31.9 Å². The van der Waals surface area contributed by atoms with Crippen LogP contribution < -0.4 is 10.1 Å². The van der Waals surface area contributed by atoms with Gasteiger partial charge in [-0.1, -0.05) is 12.1 Å². The Hall–Kier alpha value is -1.06. The monoisotopic (exact) mass is 288 g/mol. The highest BCUT2D eigenvalue weighted by molar-refractivity contribution is 5.41. The maximum Gasteiger partial charge on any atom is 0.124 e. The number of piperidine rings is 1. The summed E-state index contributed by atoms with van der Waals surface area (Å²) in [7, 11) is 0. The van der Waals surface area contributed by atoms with Crippen molar-refractivity contribution in [3.05, 3.63) is 29.3 Å². The first-order chi connectivity index (χ1) is 10.2. The molecule has 2 aliphatic heterocycles. The minimum Gasteiger partial charge on any atom is -0.493 e. The summed E-state index contributed by atoms with van der Waals surface area (Å²) in [5.41, 5.74) is 2.84. The van der Waals surface area contributed by atoms with Crippen molar-refractivity contribution < 1.29 is 4.74 Å². The fourth-order valence-electron chi connectivity index (χ4n) is 3.46. The van der Waals surface area contributed by atoms with E-state index < -0.39 is 0 Å². The average molecular weight is 288 g/mol. The molecule has 0 radical (unpaired) electrons. The van der Waals surface area contributed by atoms with E-state index in [9.17, 15) is 0 Å². The molecule has 3 heteroatoms. The molecule has 1 fully saturated rings. The van der Waals surface area contributed by atoms with E-state index in [1.807, 2.05) is 0 Å². The molecule has 0 unspecified atom stereocenters. The van der Waals surface area contributed by atoms with Gasteiger partial charge in [-0.2, -0.15) is 0 Å². The molecule has 3 nitrogen and oxygen atoms in total. The maximum atomic E-state index is 6.18. The van der Waals surface area contributed by atoms with Crippen LogP contribution in [-0.4, -0.2) is 37.2 Å². The van der Waals surface area contributed by atoms with Gasteiger partial charge in [-0.05, 0) is 70.3 Å². The molecule has 2 heterocycles. The lowest BCUT2D eigenvalue weighted by atomic mass is 9.96. The molecular formula is C18H28N2O. The van der Waals surface area contributed by atoms with Crippen LogP contribution in [0.25, 0.3) is 0 Å². The zero-order valence-corrected chi connectivity index (χ0v) is 13.4. The van der Waals surface area contributed by atoms with Crippen molar-refractivity contribution in [3.8, 4) is 5.75 Å². The summed E-state index contributed by atoms with van der Waals surface area (Å²) in [6.07, 6.45) is 3.66. The molecule has 0 atom stereocenters. The zero-order valence-electron chi connectivity index (χ0n) is 13.4. The van der Waals surface area contributed by atoms with Crippen molar-refractivity contribution in [1.82, 2.24) is 10.2 Å². The van der Waals surface area contributed by atoms with E-state index in [1.165, 1.54) is 37.1 Å². The topological polar surface area (TPSA) is 24.5 Å². The third-order valence-corrected chi connectivity index (χ3v) is 4.96. The van der Waals surface area contributed by atoms with Crippen LogP contribution in [0.5, 0.6) is 5.75 Å². The largest absolute Gasteiger partial charge is 0.493 e. The minimum atomic E-state index is 0.680. The predicted octanol–water partition coefficient (Wildman–Crippen LogP) is 2.83. The molecule has 0 aliphatic carbocycles. The third-order valence-electron chi connectivity index (χ3n) is 4.96. The second-order valence-electron chi connectivity index (χ2n) is 6.70. The summed E-state index contributed by atoms with van der Waals surface area (Å²) in [6, 6.07) is 7.19. The second-order valence-corrected chi connectivity index (χ2v) is 6.70. The minimum absolute atomic E-state index is 0.680. The van der Waals surface area contributed by atoms with Gasteiger partial charge < -0.3 is 15.0 Å². The van der Waals surface area contributed by atoms with Crippen LogP contribution in [0.4, 0.5) is 0 Å². The first-order valence-electron chi connectivity index (χ1n) is 8.42. The van der Waals surface area contributed by atoms with Gasteiger partial charge in [0, 0.05) is 18.2 Å². The van der Waals surface area contributed by atoms with Crippen molar-refractivity contribution in [3.63, 3.8) is 0 Å². The fraction of sp³-hybridized carbons (Fsp3) is 0.667. The van der Waals surface area contributed by atoms with Gasteiger partial charge in [0.15, 0.2) is 0 Å². The fourth-order valence-corrected chi connectivity index (χ4v) is 3.46. The Balaban J connectivity index is 1.54. The lowest BCUT2D eigenvalue weighted by Crippen LogP contribution is -2.39. The summed E-state index contributed by atoms with van der Waals surface area (Å²) in [5.74, 6) is 1.82. The molecule has 1 N–H and O–H groups in total. The third kappa shape index (κ3) is 3.58. The number of hydrogen-bond acceptors (Lipinski definition) is 3. The van der Waals surface area contributed by atoms with Gasteiger partial charge in [0.1, 0.15) is 5.75 Å². The van der Waals surface area contributed by atoms with E-state index in [4.69, 9.17) is 4.74 Å². The summed E-state index contributed by atoms with van der Waals surface area (Å²) in [4.78, 5) is 2.57. The van der Waals surface area contributed by atoms with Gasteiger partial charge in [-0.25, -0.2) is 0 Å². The van der Waals surface area contributed by atoms with E-state index in [1.54, 1.807) is 0 Å². The molecule has 1 saturated heterocycles. The highest BCUT2D eigenvalue weighted by Crippen LogP contribution is 2.27. The van der Waals surface area contributed by atoms with Crippen LogP contribution in [-0.2, 0) is 13.0 Å². The van der Waals surface area contributed by atoms with Crippen molar-refractivity contribution >= 4 is 0 Å². The molecule has 2 aliphatic rings. The highest BCUT2D eigenvalue weighted by Gasteiger charge is 2.22. The van der Waals surface area contributed by atoms with E-state index >= 15 is 0 Å². The smallest absolute Gasteiger partial charge is 0.124 e. The number of nitrogens with one attached hydrogen (secondary N) is 1. The van der Waals surface area contributed by atoms with Crippen molar-refractivity contribution in [2.75, 3.05) is 26.2 Å². The van der Waals surface area contributed by atoms with Crippen LogP contribution in [0.15, 0.2) is 18.2 Å². The number of fused-ring (bicyclic) bond motifs is 1. The quantitative estimate of drug-likeness (QED) is 0.922. The molecule has 0 bridgehead atoms. The molecular weight excluding hydrogens is 260 g/mol. The summed E-state index contributed by atoms with van der Waals surface area (Å²) < 4.78 is 6.18. The van der Waals surface area contributed by atoms with Gasteiger partial charge in [-0.3, -0.25) is 0 Å². The number of ether oxygens (including phenoxy) is 1. The van der Waals surface area contributed by atoms with Crippen LogP contribution in [0, 0.1) is 5.92 Å². The van der Waals surface area contributed by atoms with Crippen molar-refractivity contribution in [1.29, 1.82) is 0 Å². The van der Waals surface area contributed by atoms with Gasteiger partial charge in [-0.15, -0.1) is 0 Å². The van der Waals surface area contributed by atoms with Gasteiger partial charge in [0.2, 0.25) is 0 Å². The molecule has 21 heavy (non-hydrogen) atoms. The number of rotatable bonds is 4. The Labute approximate surface area is 128 Å². The Morgan fingerprint density at radius 2 is 2.10 bits per heavy atom. The lowest BCUT2D eigenvalue weighted by molar-refractivity contribution is 0.118. The molecule has 1 aromatic carbocycles. The van der Waals surface area contributed by atoms with Crippen molar-refractivity contribution in [2.45, 2.75) is 45.7 Å². The van der Waals surface area contributed by atoms with E-state index in [-0.39, 0.29) is 0 Å². The summed E-state index contributed by atoms with van der Waals surface area (Å²) >= 11 is 0. The van der Waals surface area contributed by atoms with Crippen molar-refractivity contribution in [2.24, 2.45) is 5.92 Å². The Bertz CT molecular complexity index is 464. The highest BCUT2D eigenvalue weighted by atomic mass is 16.5. The predicted molar refractivity (Wildman–Crippen MR) is 86.8 cm³/mol. The van der Waals surface area contributed by atoms with E-state index in [2.05, 4.69) is 42.3 Å². The first-order valence-corrected chi connectivity index (χ1v) is 8.42. The SMILES string of the molecule is CC(C)N1CCC(COc2cccc3c2CNCC3)CC1. The Kier molecular flexibility index (Phi) is 4.81. The van der Waals surface area contributed by atoms with Gasteiger partial charge >= 0.3 is 0 Å². The van der Waals surface area contributed by atoms with Crippen LogP contribution in [0.2, 0.25) is 0 Å². The molecule has 0 aromatic heterocycles. The molecule has 3 rings (SSSR count). The maximum absolute atomic E-state index is 6.18. The first kappa shape index (κ1) is 14.9. The normalized spacial score (nSPS) is 20.5. The molecule has 1 aromatic rings. The zero-order chi connectivity index (χ0) is 14.7. The number of likely N-dealkylation sites (tertiary alicyclic amines) is 1. The molecule has 0 amide bonds.